The monoisotopic (exact) mass is 342 g/mol. The van der Waals surface area contributed by atoms with Crippen LogP contribution in [-0.2, 0) is 0 Å². The molecule has 1 aromatic heterocycles. The Morgan fingerprint density at radius 2 is 1.95 bits per heavy atom. The Labute approximate surface area is 128 Å². The minimum absolute atomic E-state index is 0.164. The van der Waals surface area contributed by atoms with Crippen molar-refractivity contribution in [3.8, 4) is 5.75 Å². The molecule has 2 aromatic carbocycles. The minimum Gasteiger partial charge on any atom is -0.507 e. The third-order valence-electron chi connectivity index (χ3n) is 3.04. The number of fused-ring (bicyclic) bond motifs is 1. The lowest BCUT2D eigenvalue weighted by Gasteiger charge is -2.00. The van der Waals surface area contributed by atoms with Gasteiger partial charge in [-0.25, -0.2) is 4.98 Å². The Kier molecular flexibility index (Phi) is 3.58. The van der Waals surface area contributed by atoms with Crippen molar-refractivity contribution in [3.05, 3.63) is 68.7 Å². The van der Waals surface area contributed by atoms with Crippen LogP contribution in [0.1, 0.15) is 11.4 Å². The van der Waals surface area contributed by atoms with Gasteiger partial charge in [0, 0.05) is 10.0 Å². The number of aromatic hydroxyl groups is 1. The van der Waals surface area contributed by atoms with E-state index in [9.17, 15) is 9.90 Å². The average Bonchev–Trinajstić information content (AvgIpc) is 2.48. The van der Waals surface area contributed by atoms with E-state index in [1.54, 1.807) is 48.6 Å². The number of hydrogen-bond donors (Lipinski definition) is 2. The number of aromatic nitrogens is 2. The van der Waals surface area contributed by atoms with Crippen molar-refractivity contribution in [2.24, 2.45) is 0 Å². The highest BCUT2D eigenvalue weighted by atomic mass is 79.9. The molecule has 104 valence electrons. The number of halogens is 1. The zero-order valence-electron chi connectivity index (χ0n) is 10.9. The predicted molar refractivity (Wildman–Crippen MR) is 87.1 cm³/mol. The van der Waals surface area contributed by atoms with E-state index in [4.69, 9.17) is 0 Å². The molecule has 0 amide bonds. The van der Waals surface area contributed by atoms with Crippen LogP contribution >= 0.6 is 15.9 Å². The fourth-order valence-electron chi connectivity index (χ4n) is 2.01. The molecule has 0 aliphatic carbocycles. The number of para-hydroxylation sites is 1. The van der Waals surface area contributed by atoms with Crippen molar-refractivity contribution in [1.82, 2.24) is 9.97 Å². The van der Waals surface area contributed by atoms with E-state index >= 15 is 0 Å². The Hall–Kier alpha value is -2.40. The molecular formula is C16H11BrN2O2. The summed E-state index contributed by atoms with van der Waals surface area (Å²) in [6.45, 7) is 0. The van der Waals surface area contributed by atoms with E-state index in [0.717, 1.165) is 4.47 Å². The van der Waals surface area contributed by atoms with Crippen LogP contribution in [0.15, 0.2) is 51.7 Å². The molecule has 0 radical (unpaired) electrons. The van der Waals surface area contributed by atoms with Crippen LogP contribution in [0, 0.1) is 0 Å². The summed E-state index contributed by atoms with van der Waals surface area (Å²) < 4.78 is 0.861. The standard InChI is InChI=1S/C16H11BrN2O2/c17-11-6-7-14(20)10(9-11)5-8-15-18-13-4-2-1-3-12(13)16(21)19-15/h1-9,20H,(H,18,19,21)/b8-5-. The van der Waals surface area contributed by atoms with Gasteiger partial charge in [-0.05, 0) is 42.5 Å². The van der Waals surface area contributed by atoms with Gasteiger partial charge in [0.25, 0.3) is 5.56 Å². The van der Waals surface area contributed by atoms with Gasteiger partial charge < -0.3 is 10.1 Å². The van der Waals surface area contributed by atoms with Crippen molar-refractivity contribution >= 4 is 39.0 Å². The molecule has 0 saturated carbocycles. The molecule has 1 heterocycles. The molecule has 5 heteroatoms. The third-order valence-corrected chi connectivity index (χ3v) is 3.53. The molecule has 4 nitrogen and oxygen atoms in total. The van der Waals surface area contributed by atoms with Gasteiger partial charge in [-0.3, -0.25) is 4.79 Å². The van der Waals surface area contributed by atoms with Crippen LogP contribution in [0.25, 0.3) is 23.1 Å². The molecule has 0 saturated heterocycles. The largest absolute Gasteiger partial charge is 0.507 e. The molecule has 2 N–H and O–H groups in total. The molecular weight excluding hydrogens is 332 g/mol. The average molecular weight is 343 g/mol. The number of phenols is 1. The van der Waals surface area contributed by atoms with Crippen molar-refractivity contribution in [1.29, 1.82) is 0 Å². The molecule has 0 fully saturated rings. The summed E-state index contributed by atoms with van der Waals surface area (Å²) in [5.41, 5.74) is 1.10. The van der Waals surface area contributed by atoms with Gasteiger partial charge in [0.1, 0.15) is 11.6 Å². The Balaban J connectivity index is 2.03. The summed E-state index contributed by atoms with van der Waals surface area (Å²) >= 11 is 3.35. The molecule has 0 bridgehead atoms. The lowest BCUT2D eigenvalue weighted by atomic mass is 10.2. The van der Waals surface area contributed by atoms with Gasteiger partial charge >= 0.3 is 0 Å². The summed E-state index contributed by atoms with van der Waals surface area (Å²) in [5, 5.41) is 10.3. The number of nitrogens with one attached hydrogen (secondary N) is 1. The van der Waals surface area contributed by atoms with Crippen molar-refractivity contribution in [2.45, 2.75) is 0 Å². The number of phenolic OH excluding ortho intramolecular Hbond substituents is 1. The zero-order valence-corrected chi connectivity index (χ0v) is 12.5. The van der Waals surface area contributed by atoms with E-state index in [1.807, 2.05) is 6.07 Å². The number of nitrogens with zero attached hydrogens (tertiary/aromatic N) is 1. The first kappa shape index (κ1) is 13.6. The molecule has 0 spiro atoms. The van der Waals surface area contributed by atoms with Gasteiger partial charge in [0.2, 0.25) is 0 Å². The van der Waals surface area contributed by atoms with Crippen LogP contribution in [-0.4, -0.2) is 15.1 Å². The van der Waals surface area contributed by atoms with Crippen LogP contribution in [0.5, 0.6) is 5.75 Å². The molecule has 0 aliphatic heterocycles. The minimum atomic E-state index is -0.182. The first-order valence-corrected chi connectivity index (χ1v) is 7.08. The van der Waals surface area contributed by atoms with E-state index in [1.165, 1.54) is 0 Å². The second-order valence-corrected chi connectivity index (χ2v) is 5.42. The van der Waals surface area contributed by atoms with Crippen LogP contribution in [0.3, 0.4) is 0 Å². The van der Waals surface area contributed by atoms with E-state index in [0.29, 0.717) is 22.3 Å². The summed E-state index contributed by atoms with van der Waals surface area (Å²) in [5.74, 6) is 0.607. The fraction of sp³-hybridized carbons (Fsp3) is 0. The van der Waals surface area contributed by atoms with Gasteiger partial charge in [0.05, 0.1) is 10.9 Å². The number of hydrogen-bond acceptors (Lipinski definition) is 3. The Morgan fingerprint density at radius 1 is 1.14 bits per heavy atom. The Morgan fingerprint density at radius 3 is 2.81 bits per heavy atom. The quantitative estimate of drug-likeness (QED) is 0.748. The molecule has 3 rings (SSSR count). The van der Waals surface area contributed by atoms with Gasteiger partial charge in [0.15, 0.2) is 0 Å². The predicted octanol–water partition coefficient (Wildman–Crippen LogP) is 3.56. The van der Waals surface area contributed by atoms with Crippen molar-refractivity contribution in [3.63, 3.8) is 0 Å². The number of benzene rings is 2. The topological polar surface area (TPSA) is 66.0 Å². The van der Waals surface area contributed by atoms with E-state index < -0.39 is 0 Å². The number of rotatable bonds is 2. The summed E-state index contributed by atoms with van der Waals surface area (Å²) in [7, 11) is 0. The second-order valence-electron chi connectivity index (χ2n) is 4.50. The van der Waals surface area contributed by atoms with Crippen LogP contribution in [0.4, 0.5) is 0 Å². The Bertz CT molecular complexity index is 900. The third kappa shape index (κ3) is 2.87. The molecule has 0 atom stereocenters. The first-order valence-electron chi connectivity index (χ1n) is 6.29. The number of H-pyrrole nitrogens is 1. The maximum atomic E-state index is 11.9. The highest BCUT2D eigenvalue weighted by Crippen LogP contribution is 2.23. The maximum Gasteiger partial charge on any atom is 0.259 e. The van der Waals surface area contributed by atoms with Gasteiger partial charge in [-0.15, -0.1) is 0 Å². The maximum absolute atomic E-state index is 11.9. The summed E-state index contributed by atoms with van der Waals surface area (Å²) in [6.07, 6.45) is 3.36. The van der Waals surface area contributed by atoms with Crippen LogP contribution in [0.2, 0.25) is 0 Å². The van der Waals surface area contributed by atoms with E-state index in [2.05, 4.69) is 25.9 Å². The molecule has 3 aromatic rings. The molecule has 0 unspecified atom stereocenters. The van der Waals surface area contributed by atoms with Gasteiger partial charge in [-0.1, -0.05) is 28.1 Å². The lowest BCUT2D eigenvalue weighted by Crippen LogP contribution is -2.09. The first-order chi connectivity index (χ1) is 10.1. The summed E-state index contributed by atoms with van der Waals surface area (Å²) in [6, 6.07) is 12.3. The second kappa shape index (κ2) is 5.54. The summed E-state index contributed by atoms with van der Waals surface area (Å²) in [4.78, 5) is 19.0. The highest BCUT2D eigenvalue weighted by molar-refractivity contribution is 9.10. The highest BCUT2D eigenvalue weighted by Gasteiger charge is 2.02. The van der Waals surface area contributed by atoms with Gasteiger partial charge in [-0.2, -0.15) is 0 Å². The lowest BCUT2D eigenvalue weighted by molar-refractivity contribution is 0.474. The van der Waals surface area contributed by atoms with Crippen LogP contribution < -0.4 is 5.56 Å². The van der Waals surface area contributed by atoms with Crippen molar-refractivity contribution < 1.29 is 5.11 Å². The fourth-order valence-corrected chi connectivity index (χ4v) is 2.39. The SMILES string of the molecule is O=c1[nH]c(/C=C\c2cc(Br)ccc2O)nc2ccccc12. The normalized spacial score (nSPS) is 11.3. The smallest absolute Gasteiger partial charge is 0.259 e. The number of aromatic amines is 1. The zero-order chi connectivity index (χ0) is 14.8. The van der Waals surface area contributed by atoms with E-state index in [-0.39, 0.29) is 11.3 Å². The van der Waals surface area contributed by atoms with Crippen molar-refractivity contribution in [2.75, 3.05) is 0 Å². The molecule has 0 aliphatic rings. The molecule has 21 heavy (non-hydrogen) atoms.